The molecule has 0 aliphatic heterocycles. The van der Waals surface area contributed by atoms with E-state index >= 15 is 0 Å². The Hall–Kier alpha value is -1.79. The molecule has 0 fully saturated rings. The molecule has 0 spiro atoms. The number of hydrogen-bond donors (Lipinski definition) is 0. The summed E-state index contributed by atoms with van der Waals surface area (Å²) in [7, 11) is -0.756. The van der Waals surface area contributed by atoms with E-state index in [0.717, 1.165) is 15.1 Å². The van der Waals surface area contributed by atoms with Crippen LogP contribution in [0.5, 0.6) is 0 Å². The minimum Gasteiger partial charge on any atom is -1.00 e. The van der Waals surface area contributed by atoms with Gasteiger partial charge in [0.1, 0.15) is 0 Å². The summed E-state index contributed by atoms with van der Waals surface area (Å²) >= 11 is 19.2. The summed E-state index contributed by atoms with van der Waals surface area (Å²) in [6.45, 7) is 0. The molecule has 9 rings (SSSR count). The minimum absolute atomic E-state index is 0. The standard InChI is InChI=1S/C21H12Cl2P.C15H10Cl.2ClH.Zr/c22-15-3-7-17(8-4-15)24-16-5-1-13(2-6-16)14-11-18-19(12-14)21(24)10-9-20(18)23;16-15-8-4-7-12-9-13(10-14(12)15)11-5-2-1-3-6-11;;;/h1-12H;1-10H;2*1H;/q;;;;+2/p-2. The van der Waals surface area contributed by atoms with Crippen molar-refractivity contribution in [1.82, 2.24) is 0 Å². The quantitative estimate of drug-likeness (QED) is 0.199. The van der Waals surface area contributed by atoms with E-state index in [4.69, 9.17) is 34.8 Å². The van der Waals surface area contributed by atoms with E-state index in [-0.39, 0.29) is 24.8 Å². The molecule has 0 saturated heterocycles. The van der Waals surface area contributed by atoms with Gasteiger partial charge in [0.2, 0.25) is 0 Å². The Morgan fingerprint density at radius 3 is 2.09 bits per heavy atom. The zero-order valence-corrected chi connectivity index (χ0v) is 29.7. The first-order chi connectivity index (χ1) is 20.1. The van der Waals surface area contributed by atoms with Gasteiger partial charge in [0, 0.05) is 0 Å². The molecule has 5 aromatic carbocycles. The Balaban J connectivity index is 0.00000165. The van der Waals surface area contributed by atoms with Gasteiger partial charge in [0.25, 0.3) is 0 Å². The number of halogens is 5. The van der Waals surface area contributed by atoms with Crippen LogP contribution in [0.3, 0.4) is 0 Å². The van der Waals surface area contributed by atoms with E-state index in [0.29, 0.717) is 7.25 Å². The van der Waals surface area contributed by atoms with E-state index < -0.39 is 30.8 Å². The first kappa shape index (κ1) is 31.2. The maximum absolute atomic E-state index is 7.15. The topological polar surface area (TPSA) is 0 Å². The van der Waals surface area contributed by atoms with Crippen LogP contribution in [0.1, 0.15) is 35.1 Å². The van der Waals surface area contributed by atoms with Crippen molar-refractivity contribution < 1.29 is 48.0 Å². The second kappa shape index (κ2) is 12.5. The zero-order chi connectivity index (χ0) is 27.7. The van der Waals surface area contributed by atoms with Gasteiger partial charge in [-0.3, -0.25) is 0 Å². The third-order valence-electron chi connectivity index (χ3n) is 8.33. The first-order valence-corrected chi connectivity index (χ1v) is 18.9. The number of fused-ring (bicyclic) bond motifs is 3. The molecule has 0 radical (unpaired) electrons. The molecule has 3 unspecified atom stereocenters. The van der Waals surface area contributed by atoms with Crippen LogP contribution in [0.15, 0.2) is 115 Å². The smallest absolute Gasteiger partial charge is 1.00 e. The summed E-state index contributed by atoms with van der Waals surface area (Å²) in [5.41, 5.74) is 7.96. The number of hydrogen-bond acceptors (Lipinski definition) is 0. The molecule has 43 heavy (non-hydrogen) atoms. The van der Waals surface area contributed by atoms with Crippen molar-refractivity contribution in [3.05, 3.63) is 158 Å². The van der Waals surface area contributed by atoms with Gasteiger partial charge in [-0.1, -0.05) is 0 Å². The third kappa shape index (κ3) is 5.30. The van der Waals surface area contributed by atoms with Crippen molar-refractivity contribution >= 4 is 75.0 Å². The average Bonchev–Trinajstić information content (AvgIpc) is 3.59. The van der Waals surface area contributed by atoms with Crippen molar-refractivity contribution in [3.63, 3.8) is 0 Å². The Labute approximate surface area is 291 Å². The van der Waals surface area contributed by atoms with E-state index in [1.807, 2.05) is 12.1 Å². The van der Waals surface area contributed by atoms with Gasteiger partial charge in [-0.2, -0.15) is 0 Å². The van der Waals surface area contributed by atoms with Crippen LogP contribution in [-0.2, 0) is 23.2 Å². The molecule has 0 N–H and O–H groups in total. The van der Waals surface area contributed by atoms with Gasteiger partial charge in [-0.25, -0.2) is 0 Å². The molecular weight excluding hydrogens is 732 g/mol. The monoisotopic (exact) mass is 750 g/mol. The normalized spacial score (nSPS) is 16.3. The van der Waals surface area contributed by atoms with E-state index in [1.54, 1.807) is 0 Å². The van der Waals surface area contributed by atoms with Crippen LogP contribution in [0.25, 0.3) is 38.0 Å². The van der Waals surface area contributed by atoms with Gasteiger partial charge in [-0.05, 0) is 0 Å². The van der Waals surface area contributed by atoms with Crippen LogP contribution in [-0.4, -0.2) is 0 Å². The SMILES string of the molecule is Clc1ccc(-p2c3ccc(cc3)c3cc4c(c(Cl)ccc42)[CH]3[Zr+2][CH]2C(c3ccccc3)=Cc3cccc(Cl)c32)cc1.[Cl-].[Cl-]. The fourth-order valence-electron chi connectivity index (χ4n) is 6.49. The maximum atomic E-state index is 7.15. The van der Waals surface area contributed by atoms with Gasteiger partial charge >= 0.3 is 269 Å². The first-order valence-electron chi connectivity index (χ1n) is 13.6. The van der Waals surface area contributed by atoms with E-state index in [2.05, 4.69) is 109 Å². The maximum Gasteiger partial charge on any atom is -1.00 e. The van der Waals surface area contributed by atoms with Crippen molar-refractivity contribution in [2.45, 2.75) is 7.25 Å². The zero-order valence-electron chi connectivity index (χ0n) is 22.5. The molecule has 3 atom stereocenters. The summed E-state index contributed by atoms with van der Waals surface area (Å²) in [4.78, 5) is 0. The summed E-state index contributed by atoms with van der Waals surface area (Å²) < 4.78 is 0.634. The number of benzene rings is 5. The molecule has 2 aliphatic carbocycles. The largest absolute Gasteiger partial charge is 1.00 e. The predicted octanol–water partition coefficient (Wildman–Crippen LogP) is 6.28. The third-order valence-corrected chi connectivity index (χ3v) is 16.3. The molecular formula is C36H22Cl5PZr. The van der Waals surface area contributed by atoms with Crippen LogP contribution in [0, 0.1) is 0 Å². The van der Waals surface area contributed by atoms with E-state index in [1.165, 1.54) is 59.7 Å². The molecule has 2 heterocycles. The van der Waals surface area contributed by atoms with Crippen LogP contribution in [0.4, 0.5) is 0 Å². The fraction of sp³-hybridized carbons (Fsp3) is 0.0556. The summed E-state index contributed by atoms with van der Waals surface area (Å²) in [6, 6.07) is 41.7. The molecule has 0 saturated carbocycles. The molecule has 210 valence electrons. The predicted molar refractivity (Wildman–Crippen MR) is 175 cm³/mol. The van der Waals surface area contributed by atoms with Crippen LogP contribution in [0.2, 0.25) is 15.1 Å². The Morgan fingerprint density at radius 2 is 1.35 bits per heavy atom. The molecule has 0 amide bonds. The van der Waals surface area contributed by atoms with Crippen LogP contribution >= 0.6 is 42.3 Å². The number of allylic oxidation sites excluding steroid dienone is 1. The summed E-state index contributed by atoms with van der Waals surface area (Å²) in [6.07, 6.45) is 2.37. The van der Waals surface area contributed by atoms with Gasteiger partial charge < -0.3 is 24.8 Å². The molecule has 0 nitrogen and oxygen atoms in total. The average molecular weight is 754 g/mol. The summed E-state index contributed by atoms with van der Waals surface area (Å²) in [5, 5.41) is 9.15. The number of rotatable bonds is 4. The van der Waals surface area contributed by atoms with Crippen LogP contribution < -0.4 is 24.8 Å². The minimum atomic E-state index is -1.27. The molecule has 2 aliphatic rings. The molecule has 7 aromatic rings. The van der Waals surface area contributed by atoms with Gasteiger partial charge in [0.15, 0.2) is 0 Å². The second-order valence-electron chi connectivity index (χ2n) is 10.6. The van der Waals surface area contributed by atoms with Crippen molar-refractivity contribution in [2.24, 2.45) is 0 Å². The van der Waals surface area contributed by atoms with E-state index in [9.17, 15) is 0 Å². The second-order valence-corrected chi connectivity index (χ2v) is 17.7. The van der Waals surface area contributed by atoms with Crippen molar-refractivity contribution in [2.75, 3.05) is 0 Å². The van der Waals surface area contributed by atoms with Crippen molar-refractivity contribution in [3.8, 4) is 5.30 Å². The Kier molecular flexibility index (Phi) is 9.10. The van der Waals surface area contributed by atoms with Crippen molar-refractivity contribution in [1.29, 1.82) is 0 Å². The summed E-state index contributed by atoms with van der Waals surface area (Å²) in [5.74, 6) is 0. The van der Waals surface area contributed by atoms with Gasteiger partial charge in [0.05, 0.1) is 0 Å². The Morgan fingerprint density at radius 1 is 0.628 bits per heavy atom. The van der Waals surface area contributed by atoms with Gasteiger partial charge in [-0.15, -0.1) is 0 Å². The molecule has 2 aromatic heterocycles. The molecule has 7 heteroatoms. The fourth-order valence-corrected chi connectivity index (χ4v) is 15.3. The Bertz CT molecular complexity index is 2050. The molecule has 4 bridgehead atoms.